The van der Waals surface area contributed by atoms with Crippen LogP contribution in [0.3, 0.4) is 0 Å². The lowest BCUT2D eigenvalue weighted by molar-refractivity contribution is 0.151. The fourth-order valence-corrected chi connectivity index (χ4v) is 3.40. The molecular formula is C6H4ClF2IN2O2S. The number of anilines is 1. The Balaban J connectivity index is 3.48. The van der Waals surface area contributed by atoms with Crippen LogP contribution in [0.2, 0.25) is 0 Å². The number of hydrogen-bond acceptors (Lipinski definition) is 4. The fourth-order valence-electron chi connectivity index (χ4n) is 0.840. The van der Waals surface area contributed by atoms with Crippen LogP contribution in [0.5, 0.6) is 0 Å². The van der Waals surface area contributed by atoms with E-state index in [1.807, 2.05) is 0 Å². The van der Waals surface area contributed by atoms with E-state index in [0.717, 1.165) is 0 Å². The molecule has 0 aromatic carbocycles. The molecule has 1 rings (SSSR count). The summed E-state index contributed by atoms with van der Waals surface area (Å²) < 4.78 is 46.4. The lowest BCUT2D eigenvalue weighted by atomic mass is 10.2. The highest BCUT2D eigenvalue weighted by molar-refractivity contribution is 14.1. The number of nitrogens with zero attached hydrogens (tertiary/aromatic N) is 1. The predicted molar refractivity (Wildman–Crippen MR) is 59.4 cm³/mol. The van der Waals surface area contributed by atoms with Gasteiger partial charge in [0.2, 0.25) is 0 Å². The minimum Gasteiger partial charge on any atom is -0.397 e. The van der Waals surface area contributed by atoms with Crippen LogP contribution in [0.25, 0.3) is 0 Å². The summed E-state index contributed by atoms with van der Waals surface area (Å²) in [5.74, 6) is 0. The SMILES string of the molecule is Nc1c(C(F)F)cnc(S(=O)(=O)Cl)c1I. The number of nitrogen functional groups attached to an aromatic ring is 1. The number of halogens is 4. The minimum atomic E-state index is -4.07. The maximum Gasteiger partial charge on any atom is 0.279 e. The quantitative estimate of drug-likeness (QED) is 0.641. The van der Waals surface area contributed by atoms with Crippen molar-refractivity contribution < 1.29 is 17.2 Å². The van der Waals surface area contributed by atoms with Crippen LogP contribution < -0.4 is 5.73 Å². The Labute approximate surface area is 102 Å². The summed E-state index contributed by atoms with van der Waals surface area (Å²) in [5, 5.41) is -0.508. The molecule has 2 N–H and O–H groups in total. The van der Waals surface area contributed by atoms with Gasteiger partial charge in [0.15, 0.2) is 5.03 Å². The van der Waals surface area contributed by atoms with E-state index in [9.17, 15) is 17.2 Å². The number of rotatable bonds is 2. The first-order valence-electron chi connectivity index (χ1n) is 3.42. The van der Waals surface area contributed by atoms with Gasteiger partial charge in [0.25, 0.3) is 15.5 Å². The van der Waals surface area contributed by atoms with E-state index in [1.165, 1.54) is 22.6 Å². The Morgan fingerprint density at radius 1 is 1.53 bits per heavy atom. The normalized spacial score (nSPS) is 12.1. The molecule has 0 fully saturated rings. The molecule has 1 heterocycles. The predicted octanol–water partition coefficient (Wildman–Crippen LogP) is 2.13. The largest absolute Gasteiger partial charge is 0.397 e. The van der Waals surface area contributed by atoms with Crippen molar-refractivity contribution in [1.29, 1.82) is 0 Å². The third-order valence-electron chi connectivity index (χ3n) is 1.52. The highest BCUT2D eigenvalue weighted by atomic mass is 127. The summed E-state index contributed by atoms with van der Waals surface area (Å²) in [4.78, 5) is 3.34. The fraction of sp³-hybridized carbons (Fsp3) is 0.167. The number of aromatic nitrogens is 1. The first kappa shape index (κ1) is 12.8. The number of alkyl halides is 2. The summed E-state index contributed by atoms with van der Waals surface area (Å²) in [7, 11) is 0.960. The molecule has 0 aliphatic rings. The Morgan fingerprint density at radius 2 is 2.07 bits per heavy atom. The van der Waals surface area contributed by atoms with Crippen LogP contribution in [-0.2, 0) is 9.05 Å². The molecule has 1 aromatic heterocycles. The van der Waals surface area contributed by atoms with Gasteiger partial charge in [-0.2, -0.15) is 0 Å². The van der Waals surface area contributed by atoms with Crippen LogP contribution in [0.15, 0.2) is 11.2 Å². The van der Waals surface area contributed by atoms with Gasteiger partial charge in [-0.25, -0.2) is 22.2 Å². The van der Waals surface area contributed by atoms with Crippen LogP contribution in [0.4, 0.5) is 14.5 Å². The van der Waals surface area contributed by atoms with Gasteiger partial charge >= 0.3 is 0 Å². The molecule has 9 heteroatoms. The highest BCUT2D eigenvalue weighted by Gasteiger charge is 2.23. The maximum atomic E-state index is 12.3. The smallest absolute Gasteiger partial charge is 0.279 e. The summed E-state index contributed by atoms with van der Waals surface area (Å²) in [6.07, 6.45) is -2.10. The first-order valence-corrected chi connectivity index (χ1v) is 6.80. The molecule has 0 bridgehead atoms. The third kappa shape index (κ3) is 2.67. The van der Waals surface area contributed by atoms with Crippen LogP contribution in [0.1, 0.15) is 12.0 Å². The van der Waals surface area contributed by atoms with E-state index in [4.69, 9.17) is 16.4 Å². The van der Waals surface area contributed by atoms with Crippen molar-refractivity contribution in [3.63, 3.8) is 0 Å². The second-order valence-electron chi connectivity index (χ2n) is 2.48. The van der Waals surface area contributed by atoms with Gasteiger partial charge < -0.3 is 5.73 Å². The summed E-state index contributed by atoms with van der Waals surface area (Å²) in [5.41, 5.74) is 4.50. The molecule has 0 atom stereocenters. The van der Waals surface area contributed by atoms with Gasteiger partial charge in [0.05, 0.1) is 14.8 Å². The Morgan fingerprint density at radius 3 is 2.47 bits per heavy atom. The summed E-state index contributed by atoms with van der Waals surface area (Å²) >= 11 is 1.50. The van der Waals surface area contributed by atoms with E-state index >= 15 is 0 Å². The molecule has 0 aliphatic carbocycles. The molecule has 0 radical (unpaired) electrons. The number of pyridine rings is 1. The number of nitrogens with two attached hydrogens (primary N) is 1. The zero-order valence-electron chi connectivity index (χ0n) is 6.92. The molecule has 4 nitrogen and oxygen atoms in total. The average Bonchev–Trinajstić information content (AvgIpc) is 2.06. The molecule has 1 aromatic rings. The molecule has 0 amide bonds. The Hall–Kier alpha value is -0.220. The van der Waals surface area contributed by atoms with Crippen LogP contribution in [-0.4, -0.2) is 13.4 Å². The Kier molecular flexibility index (Phi) is 3.71. The second kappa shape index (κ2) is 4.34. The second-order valence-corrected chi connectivity index (χ2v) is 6.04. The van der Waals surface area contributed by atoms with E-state index < -0.39 is 26.1 Å². The van der Waals surface area contributed by atoms with E-state index in [0.29, 0.717) is 6.20 Å². The standard InChI is InChI=1S/C6H4ClF2IN2O2S/c7-15(13,14)6-3(10)4(11)2(1-12-6)5(8)9/h1,5H,(H2,11,12). The Bertz CT molecular complexity index is 494. The zero-order chi connectivity index (χ0) is 11.8. The lowest BCUT2D eigenvalue weighted by Gasteiger charge is -2.08. The van der Waals surface area contributed by atoms with E-state index in [-0.39, 0.29) is 9.26 Å². The molecule has 0 aliphatic heterocycles. The lowest BCUT2D eigenvalue weighted by Crippen LogP contribution is -2.06. The maximum absolute atomic E-state index is 12.3. The van der Waals surface area contributed by atoms with Crippen molar-refractivity contribution in [1.82, 2.24) is 4.98 Å². The average molecular weight is 369 g/mol. The van der Waals surface area contributed by atoms with Gasteiger partial charge in [-0.05, 0) is 22.6 Å². The van der Waals surface area contributed by atoms with Crippen molar-refractivity contribution in [3.05, 3.63) is 15.3 Å². The van der Waals surface area contributed by atoms with Gasteiger partial charge in [-0.1, -0.05) is 0 Å². The van der Waals surface area contributed by atoms with Gasteiger partial charge in [-0.3, -0.25) is 0 Å². The summed E-state index contributed by atoms with van der Waals surface area (Å²) in [6.45, 7) is 0. The van der Waals surface area contributed by atoms with Crippen molar-refractivity contribution in [2.75, 3.05) is 5.73 Å². The van der Waals surface area contributed by atoms with E-state index in [2.05, 4.69) is 4.98 Å². The van der Waals surface area contributed by atoms with Crippen LogP contribution in [0, 0.1) is 3.57 Å². The van der Waals surface area contributed by atoms with Crippen LogP contribution >= 0.6 is 33.3 Å². The number of hydrogen-bond donors (Lipinski definition) is 1. The first-order chi connectivity index (χ1) is 6.75. The van der Waals surface area contributed by atoms with E-state index in [1.54, 1.807) is 0 Å². The monoisotopic (exact) mass is 368 g/mol. The van der Waals surface area contributed by atoms with Crippen molar-refractivity contribution in [3.8, 4) is 0 Å². The van der Waals surface area contributed by atoms with Crippen molar-refractivity contribution in [2.24, 2.45) is 0 Å². The van der Waals surface area contributed by atoms with Crippen molar-refractivity contribution >= 4 is 48.0 Å². The molecule has 84 valence electrons. The third-order valence-corrected chi connectivity index (χ3v) is 4.19. The molecule has 15 heavy (non-hydrogen) atoms. The molecule has 0 spiro atoms. The summed E-state index contributed by atoms with van der Waals surface area (Å²) in [6, 6.07) is 0. The molecule has 0 saturated carbocycles. The topological polar surface area (TPSA) is 73.0 Å². The molecule has 0 saturated heterocycles. The molecular weight excluding hydrogens is 364 g/mol. The highest BCUT2D eigenvalue weighted by Crippen LogP contribution is 2.32. The van der Waals surface area contributed by atoms with Gasteiger partial charge in [0, 0.05) is 16.9 Å². The van der Waals surface area contributed by atoms with Crippen molar-refractivity contribution in [2.45, 2.75) is 11.5 Å². The van der Waals surface area contributed by atoms with Gasteiger partial charge in [-0.15, -0.1) is 0 Å². The zero-order valence-corrected chi connectivity index (χ0v) is 10.6. The molecule has 0 unspecified atom stereocenters. The minimum absolute atomic E-state index is 0.0969. The van der Waals surface area contributed by atoms with Gasteiger partial charge in [0.1, 0.15) is 0 Å².